The van der Waals surface area contributed by atoms with Gasteiger partial charge >= 0.3 is 0 Å². The summed E-state index contributed by atoms with van der Waals surface area (Å²) in [7, 11) is -3.31. The second-order valence-electron chi connectivity index (χ2n) is 6.14. The van der Waals surface area contributed by atoms with Crippen molar-refractivity contribution in [3.63, 3.8) is 0 Å². The van der Waals surface area contributed by atoms with Crippen molar-refractivity contribution in [3.05, 3.63) is 96.3 Å². The van der Waals surface area contributed by atoms with Crippen LogP contribution in [0.15, 0.2) is 84.9 Å². The van der Waals surface area contributed by atoms with Gasteiger partial charge in [0.25, 0.3) is 0 Å². The zero-order valence-electron chi connectivity index (χ0n) is 14.3. The lowest BCUT2D eigenvalue weighted by Crippen LogP contribution is -2.41. The minimum atomic E-state index is -3.31. The van der Waals surface area contributed by atoms with Crippen LogP contribution in [-0.4, -0.2) is 0 Å². The van der Waals surface area contributed by atoms with Crippen molar-refractivity contribution >= 4 is 17.9 Å². The summed E-state index contributed by atoms with van der Waals surface area (Å²) >= 11 is 0. The van der Waals surface area contributed by atoms with Gasteiger partial charge in [-0.1, -0.05) is 48.5 Å². The number of hydrogen-bond donors (Lipinski definition) is 1. The van der Waals surface area contributed by atoms with Crippen molar-refractivity contribution in [1.82, 2.24) is 5.09 Å². The van der Waals surface area contributed by atoms with Crippen LogP contribution >= 0.6 is 7.29 Å². The van der Waals surface area contributed by atoms with Crippen molar-refractivity contribution in [2.24, 2.45) is 0 Å². The summed E-state index contributed by atoms with van der Waals surface area (Å²) in [5.74, 6) is -0.386. The molecule has 3 rings (SSSR count). The Balaban J connectivity index is 2.13. The Morgan fingerprint density at radius 1 is 0.885 bits per heavy atom. The summed E-state index contributed by atoms with van der Waals surface area (Å²) in [5, 5.41) is 14.1. The Hall–Kier alpha value is -2.73. The summed E-state index contributed by atoms with van der Waals surface area (Å²) < 4.78 is 27.4. The fraction of sp³-hybridized carbons (Fsp3) is 0.0952. The van der Waals surface area contributed by atoms with Crippen molar-refractivity contribution < 1.29 is 8.96 Å². The average molecular weight is 364 g/mol. The van der Waals surface area contributed by atoms with Crippen molar-refractivity contribution in [1.29, 1.82) is 5.26 Å². The Morgan fingerprint density at radius 3 is 1.77 bits per heavy atom. The summed E-state index contributed by atoms with van der Waals surface area (Å²) in [5.41, 5.74) is -0.706. The third-order valence-electron chi connectivity index (χ3n) is 4.27. The van der Waals surface area contributed by atoms with Crippen molar-refractivity contribution in [2.45, 2.75) is 12.5 Å². The Bertz CT molecular complexity index is 925. The Morgan fingerprint density at radius 2 is 1.35 bits per heavy atom. The van der Waals surface area contributed by atoms with Crippen LogP contribution in [0.1, 0.15) is 12.5 Å². The minimum absolute atomic E-state index is 0.386. The molecule has 0 aliphatic carbocycles. The number of benzene rings is 3. The van der Waals surface area contributed by atoms with Crippen molar-refractivity contribution in [3.8, 4) is 6.07 Å². The third-order valence-corrected chi connectivity index (χ3v) is 7.08. The fourth-order valence-corrected chi connectivity index (χ4v) is 5.36. The van der Waals surface area contributed by atoms with E-state index in [1.54, 1.807) is 31.2 Å². The maximum Gasteiger partial charge on any atom is 0.206 e. The SMILES string of the molecule is C[C@@](C#N)(NP(=O)(c1ccccc1)c1ccccc1)c1ccc(F)cc1. The van der Waals surface area contributed by atoms with E-state index in [4.69, 9.17) is 0 Å². The molecule has 0 bridgehead atoms. The van der Waals surface area contributed by atoms with E-state index in [9.17, 15) is 14.2 Å². The lowest BCUT2D eigenvalue weighted by Gasteiger charge is -2.30. The van der Waals surface area contributed by atoms with Gasteiger partial charge in [0, 0.05) is 10.6 Å². The van der Waals surface area contributed by atoms with Gasteiger partial charge in [-0.2, -0.15) is 5.26 Å². The predicted octanol–water partition coefficient (Wildman–Crippen LogP) is 4.08. The van der Waals surface area contributed by atoms with E-state index in [2.05, 4.69) is 11.2 Å². The molecule has 0 saturated carbocycles. The Labute approximate surface area is 152 Å². The molecule has 0 radical (unpaired) electrons. The summed E-state index contributed by atoms with van der Waals surface area (Å²) in [6.07, 6.45) is 0. The molecule has 0 fully saturated rings. The molecule has 1 N–H and O–H groups in total. The number of halogens is 1. The predicted molar refractivity (Wildman–Crippen MR) is 102 cm³/mol. The number of nitrogens with zero attached hydrogens (tertiary/aromatic N) is 1. The van der Waals surface area contributed by atoms with Crippen LogP contribution in [-0.2, 0) is 10.1 Å². The standard InChI is InChI=1S/C21H18FN2OP/c1-21(16-23,17-12-14-18(22)15-13-17)24-26(25,19-8-4-2-5-9-19)20-10-6-3-7-11-20/h2-15H,1H3,(H,24,25)/t21-/m0/s1. The van der Waals surface area contributed by atoms with Crippen LogP contribution in [0, 0.1) is 17.1 Å². The number of rotatable bonds is 5. The average Bonchev–Trinajstić information content (AvgIpc) is 2.69. The Kier molecular flexibility index (Phi) is 5.04. The molecule has 0 aliphatic rings. The highest BCUT2D eigenvalue weighted by atomic mass is 31.2. The lowest BCUT2D eigenvalue weighted by molar-refractivity contribution is 0.531. The summed E-state index contributed by atoms with van der Waals surface area (Å²) in [4.78, 5) is 0. The second kappa shape index (κ2) is 7.25. The number of hydrogen-bond acceptors (Lipinski definition) is 2. The van der Waals surface area contributed by atoms with Crippen LogP contribution in [0.2, 0.25) is 0 Å². The molecule has 0 aliphatic heterocycles. The molecule has 130 valence electrons. The van der Waals surface area contributed by atoms with Gasteiger partial charge in [0.2, 0.25) is 7.29 Å². The van der Waals surface area contributed by atoms with Crippen LogP contribution in [0.3, 0.4) is 0 Å². The highest BCUT2D eigenvalue weighted by Gasteiger charge is 2.37. The van der Waals surface area contributed by atoms with Crippen molar-refractivity contribution in [2.75, 3.05) is 0 Å². The first-order chi connectivity index (χ1) is 12.5. The van der Waals surface area contributed by atoms with Gasteiger partial charge < -0.3 is 0 Å². The maximum absolute atomic E-state index is 14.1. The van der Waals surface area contributed by atoms with Gasteiger partial charge in [-0.15, -0.1) is 0 Å². The molecular weight excluding hydrogens is 346 g/mol. The molecule has 0 heterocycles. The maximum atomic E-state index is 14.1. The summed E-state index contributed by atoms with van der Waals surface area (Å²) in [6, 6.07) is 25.9. The molecule has 1 atom stereocenters. The second-order valence-corrected chi connectivity index (χ2v) is 8.61. The van der Waals surface area contributed by atoms with Gasteiger partial charge in [-0.25, -0.2) is 9.48 Å². The minimum Gasteiger partial charge on any atom is -0.296 e. The van der Waals surface area contributed by atoms with E-state index in [1.165, 1.54) is 24.3 Å². The number of nitriles is 1. The number of nitrogens with one attached hydrogen (secondary N) is 1. The monoisotopic (exact) mass is 364 g/mol. The first kappa shape index (κ1) is 18.1. The van der Waals surface area contributed by atoms with E-state index >= 15 is 0 Å². The van der Waals surface area contributed by atoms with Gasteiger partial charge in [0.15, 0.2) is 0 Å². The molecule has 5 heteroatoms. The van der Waals surface area contributed by atoms with E-state index in [1.807, 2.05) is 36.4 Å². The van der Waals surface area contributed by atoms with E-state index in [0.29, 0.717) is 16.2 Å². The molecule has 3 aromatic carbocycles. The van der Waals surface area contributed by atoms with E-state index in [0.717, 1.165) is 0 Å². The van der Waals surface area contributed by atoms with E-state index < -0.39 is 12.8 Å². The van der Waals surface area contributed by atoms with Crippen LogP contribution in [0.4, 0.5) is 4.39 Å². The van der Waals surface area contributed by atoms with Crippen LogP contribution in [0.25, 0.3) is 0 Å². The smallest absolute Gasteiger partial charge is 0.206 e. The first-order valence-corrected chi connectivity index (χ1v) is 9.87. The molecule has 3 nitrogen and oxygen atoms in total. The lowest BCUT2D eigenvalue weighted by atomic mass is 9.95. The quantitative estimate of drug-likeness (QED) is 0.694. The zero-order chi connectivity index (χ0) is 18.6. The molecular formula is C21H18FN2OP. The third kappa shape index (κ3) is 3.46. The zero-order valence-corrected chi connectivity index (χ0v) is 15.2. The van der Waals surface area contributed by atoms with Gasteiger partial charge in [0.05, 0.1) is 6.07 Å². The molecule has 0 amide bonds. The highest BCUT2D eigenvalue weighted by molar-refractivity contribution is 7.77. The topological polar surface area (TPSA) is 52.9 Å². The highest BCUT2D eigenvalue weighted by Crippen LogP contribution is 2.43. The normalized spacial score (nSPS) is 13.6. The fourth-order valence-electron chi connectivity index (χ4n) is 2.81. The molecule has 26 heavy (non-hydrogen) atoms. The molecule has 0 unspecified atom stereocenters. The molecule has 0 spiro atoms. The summed E-state index contributed by atoms with van der Waals surface area (Å²) in [6.45, 7) is 1.65. The van der Waals surface area contributed by atoms with Gasteiger partial charge in [-0.05, 0) is 48.9 Å². The first-order valence-electron chi connectivity index (χ1n) is 8.16. The van der Waals surface area contributed by atoms with Gasteiger partial charge in [0.1, 0.15) is 11.4 Å². The molecule has 3 aromatic rings. The van der Waals surface area contributed by atoms with Gasteiger partial charge in [-0.3, -0.25) is 4.57 Å². The van der Waals surface area contributed by atoms with E-state index in [-0.39, 0.29) is 5.82 Å². The molecule has 0 saturated heterocycles. The molecule has 0 aromatic heterocycles. The van der Waals surface area contributed by atoms with Crippen LogP contribution in [0.5, 0.6) is 0 Å². The van der Waals surface area contributed by atoms with Crippen LogP contribution < -0.4 is 15.7 Å². The largest absolute Gasteiger partial charge is 0.296 e.